The molecule has 1 N–H and O–H groups in total. The largest absolute Gasteiger partial charge is 0.348 e. The molecule has 2 rings (SSSR count). The molecule has 0 radical (unpaired) electrons. The summed E-state index contributed by atoms with van der Waals surface area (Å²) >= 11 is 0. The maximum atomic E-state index is 11.5. The van der Waals surface area contributed by atoms with Gasteiger partial charge in [-0.05, 0) is 19.9 Å². The summed E-state index contributed by atoms with van der Waals surface area (Å²) in [5, 5.41) is 0. The SMILES string of the molecule is CCN(Cc1nc[nH]c1C)C1CCS(=O)(=O)C1. The summed E-state index contributed by atoms with van der Waals surface area (Å²) in [6.07, 6.45) is 2.43. The van der Waals surface area contributed by atoms with Crippen molar-refractivity contribution >= 4 is 9.84 Å². The number of aromatic nitrogens is 2. The fraction of sp³-hybridized carbons (Fsp3) is 0.727. The summed E-state index contributed by atoms with van der Waals surface area (Å²) in [6.45, 7) is 5.63. The van der Waals surface area contributed by atoms with Gasteiger partial charge in [-0.15, -0.1) is 0 Å². The number of hydrogen-bond acceptors (Lipinski definition) is 4. The molecule has 1 atom stereocenters. The highest BCUT2D eigenvalue weighted by molar-refractivity contribution is 7.91. The van der Waals surface area contributed by atoms with Gasteiger partial charge in [0.15, 0.2) is 9.84 Å². The molecule has 1 fully saturated rings. The Morgan fingerprint density at radius 3 is 2.82 bits per heavy atom. The van der Waals surface area contributed by atoms with Crippen LogP contribution in [0.4, 0.5) is 0 Å². The molecule has 2 heterocycles. The van der Waals surface area contributed by atoms with Crippen LogP contribution in [0.3, 0.4) is 0 Å². The van der Waals surface area contributed by atoms with Crippen molar-refractivity contribution in [1.82, 2.24) is 14.9 Å². The number of nitrogens with zero attached hydrogens (tertiary/aromatic N) is 2. The van der Waals surface area contributed by atoms with Crippen molar-refractivity contribution in [3.05, 3.63) is 17.7 Å². The number of hydrogen-bond donors (Lipinski definition) is 1. The zero-order valence-corrected chi connectivity index (χ0v) is 11.1. The van der Waals surface area contributed by atoms with E-state index < -0.39 is 9.84 Å². The van der Waals surface area contributed by atoms with Gasteiger partial charge in [-0.3, -0.25) is 4.90 Å². The van der Waals surface area contributed by atoms with Crippen LogP contribution in [0.5, 0.6) is 0 Å². The molecule has 1 aromatic heterocycles. The minimum absolute atomic E-state index is 0.154. The van der Waals surface area contributed by atoms with E-state index in [2.05, 4.69) is 21.8 Å². The number of sulfone groups is 1. The number of imidazole rings is 1. The van der Waals surface area contributed by atoms with Crippen molar-refractivity contribution in [2.24, 2.45) is 0 Å². The van der Waals surface area contributed by atoms with Gasteiger partial charge in [-0.1, -0.05) is 6.92 Å². The van der Waals surface area contributed by atoms with E-state index in [-0.39, 0.29) is 6.04 Å². The monoisotopic (exact) mass is 257 g/mol. The molecular weight excluding hydrogens is 238 g/mol. The van der Waals surface area contributed by atoms with Crippen LogP contribution in [0.1, 0.15) is 24.7 Å². The summed E-state index contributed by atoms with van der Waals surface area (Å²) in [5.74, 6) is 0.623. The Morgan fingerprint density at radius 2 is 2.35 bits per heavy atom. The maximum absolute atomic E-state index is 11.5. The van der Waals surface area contributed by atoms with E-state index in [9.17, 15) is 8.42 Å². The van der Waals surface area contributed by atoms with Gasteiger partial charge in [-0.25, -0.2) is 13.4 Å². The first-order valence-electron chi connectivity index (χ1n) is 5.95. The van der Waals surface area contributed by atoms with Crippen LogP contribution in [-0.4, -0.2) is 47.4 Å². The lowest BCUT2D eigenvalue weighted by molar-refractivity contribution is 0.212. The van der Waals surface area contributed by atoms with Crippen LogP contribution in [-0.2, 0) is 16.4 Å². The molecule has 17 heavy (non-hydrogen) atoms. The minimum atomic E-state index is -2.81. The lowest BCUT2D eigenvalue weighted by Crippen LogP contribution is -2.35. The molecule has 0 aromatic carbocycles. The third-order valence-electron chi connectivity index (χ3n) is 3.42. The quantitative estimate of drug-likeness (QED) is 0.863. The Bertz CT molecular complexity index is 481. The van der Waals surface area contributed by atoms with Crippen molar-refractivity contribution in [2.75, 3.05) is 18.1 Å². The number of rotatable bonds is 4. The van der Waals surface area contributed by atoms with Gasteiger partial charge in [0.1, 0.15) is 0 Å². The standard InChI is InChI=1S/C11H19N3O2S/c1-3-14(6-11-9(2)12-8-13-11)10-4-5-17(15,16)7-10/h8,10H,3-7H2,1-2H3,(H,12,13). The number of nitrogens with one attached hydrogen (secondary N) is 1. The first-order chi connectivity index (χ1) is 8.02. The normalized spacial score (nSPS) is 23.4. The molecule has 0 aliphatic carbocycles. The zero-order chi connectivity index (χ0) is 12.5. The van der Waals surface area contributed by atoms with Gasteiger partial charge in [0.25, 0.3) is 0 Å². The van der Waals surface area contributed by atoms with Gasteiger partial charge in [0.2, 0.25) is 0 Å². The van der Waals surface area contributed by atoms with Gasteiger partial charge in [0, 0.05) is 18.3 Å². The molecule has 1 aliphatic rings. The first kappa shape index (κ1) is 12.6. The van der Waals surface area contributed by atoms with Gasteiger partial charge in [-0.2, -0.15) is 0 Å². The molecule has 0 bridgehead atoms. The van der Waals surface area contributed by atoms with Crippen molar-refractivity contribution in [2.45, 2.75) is 32.9 Å². The Labute approximate surface area is 102 Å². The smallest absolute Gasteiger partial charge is 0.151 e. The van der Waals surface area contributed by atoms with E-state index >= 15 is 0 Å². The Morgan fingerprint density at radius 1 is 1.59 bits per heavy atom. The predicted molar refractivity (Wildman–Crippen MR) is 66.5 cm³/mol. The van der Waals surface area contributed by atoms with Crippen LogP contribution in [0, 0.1) is 6.92 Å². The van der Waals surface area contributed by atoms with E-state index in [4.69, 9.17) is 0 Å². The molecule has 0 saturated carbocycles. The zero-order valence-electron chi connectivity index (χ0n) is 10.3. The van der Waals surface area contributed by atoms with E-state index in [1.165, 1.54) is 0 Å². The minimum Gasteiger partial charge on any atom is -0.348 e. The fourth-order valence-corrected chi connectivity index (χ4v) is 4.06. The Balaban J connectivity index is 2.05. The van der Waals surface area contributed by atoms with E-state index in [0.29, 0.717) is 11.5 Å². The lowest BCUT2D eigenvalue weighted by atomic mass is 10.2. The third kappa shape index (κ3) is 2.87. The summed E-state index contributed by atoms with van der Waals surface area (Å²) in [7, 11) is -2.81. The molecule has 96 valence electrons. The first-order valence-corrected chi connectivity index (χ1v) is 7.77. The van der Waals surface area contributed by atoms with Gasteiger partial charge < -0.3 is 4.98 Å². The summed E-state index contributed by atoms with van der Waals surface area (Å²) in [4.78, 5) is 9.52. The van der Waals surface area contributed by atoms with Crippen LogP contribution >= 0.6 is 0 Å². The Kier molecular flexibility index (Phi) is 3.53. The maximum Gasteiger partial charge on any atom is 0.151 e. The molecule has 1 aliphatic heterocycles. The van der Waals surface area contributed by atoms with Gasteiger partial charge >= 0.3 is 0 Å². The highest BCUT2D eigenvalue weighted by atomic mass is 32.2. The molecule has 0 amide bonds. The highest BCUT2D eigenvalue weighted by Gasteiger charge is 2.31. The summed E-state index contributed by atoms with van der Waals surface area (Å²) in [6, 6.07) is 0.154. The predicted octanol–water partition coefficient (Wildman–Crippen LogP) is 0.727. The second-order valence-electron chi connectivity index (χ2n) is 4.59. The van der Waals surface area contributed by atoms with Crippen LogP contribution < -0.4 is 0 Å². The summed E-state index contributed by atoms with van der Waals surface area (Å²) < 4.78 is 23.0. The number of aromatic amines is 1. The average molecular weight is 257 g/mol. The third-order valence-corrected chi connectivity index (χ3v) is 5.17. The summed E-state index contributed by atoms with van der Waals surface area (Å²) in [5.41, 5.74) is 2.07. The molecule has 5 nitrogen and oxygen atoms in total. The lowest BCUT2D eigenvalue weighted by Gasteiger charge is -2.25. The van der Waals surface area contributed by atoms with E-state index in [1.807, 2.05) is 6.92 Å². The second-order valence-corrected chi connectivity index (χ2v) is 6.82. The van der Waals surface area contributed by atoms with Crippen molar-refractivity contribution < 1.29 is 8.42 Å². The molecule has 1 aromatic rings. The molecule has 0 spiro atoms. The van der Waals surface area contributed by atoms with Crippen molar-refractivity contribution in [3.63, 3.8) is 0 Å². The average Bonchev–Trinajstić information content (AvgIpc) is 2.82. The van der Waals surface area contributed by atoms with Crippen molar-refractivity contribution in [1.29, 1.82) is 0 Å². The van der Waals surface area contributed by atoms with Gasteiger partial charge in [0.05, 0.1) is 23.5 Å². The van der Waals surface area contributed by atoms with Crippen LogP contribution in [0.15, 0.2) is 6.33 Å². The molecular formula is C11H19N3O2S. The second kappa shape index (κ2) is 4.78. The van der Waals surface area contributed by atoms with E-state index in [1.54, 1.807) is 6.33 Å². The van der Waals surface area contributed by atoms with Crippen LogP contribution in [0.2, 0.25) is 0 Å². The van der Waals surface area contributed by atoms with Crippen molar-refractivity contribution in [3.8, 4) is 0 Å². The fourth-order valence-electron chi connectivity index (χ4n) is 2.30. The Hall–Kier alpha value is -0.880. The molecule has 1 unspecified atom stereocenters. The van der Waals surface area contributed by atoms with E-state index in [0.717, 1.165) is 30.9 Å². The topological polar surface area (TPSA) is 66.1 Å². The number of aryl methyl sites for hydroxylation is 1. The molecule has 6 heteroatoms. The number of H-pyrrole nitrogens is 1. The molecule has 1 saturated heterocycles. The van der Waals surface area contributed by atoms with Crippen LogP contribution in [0.25, 0.3) is 0 Å². The highest BCUT2D eigenvalue weighted by Crippen LogP contribution is 2.19.